The van der Waals surface area contributed by atoms with Gasteiger partial charge >= 0.3 is 0 Å². The van der Waals surface area contributed by atoms with Gasteiger partial charge in [0, 0.05) is 44.2 Å². The third-order valence-corrected chi connectivity index (χ3v) is 4.97. The van der Waals surface area contributed by atoms with Crippen LogP contribution >= 0.6 is 0 Å². The van der Waals surface area contributed by atoms with Gasteiger partial charge in [0.15, 0.2) is 5.96 Å². The number of nitrogens with zero attached hydrogens (tertiary/aromatic N) is 2. The number of guanidine groups is 1. The van der Waals surface area contributed by atoms with Crippen molar-refractivity contribution in [1.82, 2.24) is 15.2 Å². The Morgan fingerprint density at radius 3 is 2.71 bits per heavy atom. The maximum absolute atomic E-state index is 6.29. The van der Waals surface area contributed by atoms with Gasteiger partial charge in [-0.2, -0.15) is 0 Å². The van der Waals surface area contributed by atoms with Gasteiger partial charge < -0.3 is 24.7 Å². The van der Waals surface area contributed by atoms with Crippen LogP contribution in [0, 0.1) is 0 Å². The van der Waals surface area contributed by atoms with Gasteiger partial charge in [0.1, 0.15) is 11.5 Å². The molecule has 0 unspecified atom stereocenters. The van der Waals surface area contributed by atoms with E-state index in [0.29, 0.717) is 19.2 Å². The smallest absolute Gasteiger partial charge is 0.191 e. The number of aromatic nitrogens is 1. The van der Waals surface area contributed by atoms with Gasteiger partial charge in [-0.15, -0.1) is 0 Å². The Morgan fingerprint density at radius 2 is 2.04 bits per heavy atom. The Hall–Kier alpha value is -2.63. The Labute approximate surface area is 168 Å². The standard InChI is InChI=1S/C22H32N4O2/c1-4-23-22(24-14-17-11-12-26(2)16-17)25-15-18-9-10-20(27-3)13-21(18)28-19-7-5-6-8-19/h9-13,16,19H,4-8,14-15H2,1-3H3,(H2,23,24,25). The molecule has 1 fully saturated rings. The van der Waals surface area contributed by atoms with Crippen molar-refractivity contribution in [1.29, 1.82) is 0 Å². The number of aryl methyl sites for hydroxylation is 1. The Balaban J connectivity index is 1.67. The molecule has 1 heterocycles. The molecule has 1 aliphatic carbocycles. The van der Waals surface area contributed by atoms with Crippen LogP contribution in [0.15, 0.2) is 41.7 Å². The summed E-state index contributed by atoms with van der Waals surface area (Å²) >= 11 is 0. The second kappa shape index (κ2) is 10.1. The average Bonchev–Trinajstić information content (AvgIpc) is 3.36. The normalized spacial score (nSPS) is 14.9. The van der Waals surface area contributed by atoms with E-state index in [4.69, 9.17) is 14.5 Å². The zero-order chi connectivity index (χ0) is 19.8. The van der Waals surface area contributed by atoms with Gasteiger partial charge in [-0.25, -0.2) is 4.99 Å². The van der Waals surface area contributed by atoms with Crippen molar-refractivity contribution in [2.45, 2.75) is 51.8 Å². The number of nitrogens with one attached hydrogen (secondary N) is 2. The van der Waals surface area contributed by atoms with Crippen molar-refractivity contribution < 1.29 is 9.47 Å². The molecular formula is C22H32N4O2. The van der Waals surface area contributed by atoms with E-state index >= 15 is 0 Å². The summed E-state index contributed by atoms with van der Waals surface area (Å²) in [7, 11) is 3.71. The minimum Gasteiger partial charge on any atom is -0.497 e. The molecule has 0 bridgehead atoms. The van der Waals surface area contributed by atoms with Gasteiger partial charge in [-0.05, 0) is 56.4 Å². The van der Waals surface area contributed by atoms with Gasteiger partial charge in [0.2, 0.25) is 0 Å². The maximum Gasteiger partial charge on any atom is 0.191 e. The first kappa shape index (κ1) is 20.1. The highest BCUT2D eigenvalue weighted by Crippen LogP contribution is 2.30. The molecule has 0 spiro atoms. The van der Waals surface area contributed by atoms with E-state index in [0.717, 1.165) is 42.4 Å². The predicted molar refractivity (Wildman–Crippen MR) is 113 cm³/mol. The lowest BCUT2D eigenvalue weighted by molar-refractivity contribution is 0.207. The average molecular weight is 385 g/mol. The molecule has 1 aromatic carbocycles. The van der Waals surface area contributed by atoms with Gasteiger partial charge in [0.05, 0.1) is 19.8 Å². The molecule has 152 valence electrons. The van der Waals surface area contributed by atoms with Crippen LogP contribution in [0.3, 0.4) is 0 Å². The van der Waals surface area contributed by atoms with Gasteiger partial charge in [-0.1, -0.05) is 0 Å². The lowest BCUT2D eigenvalue weighted by Crippen LogP contribution is -2.36. The molecule has 0 amide bonds. The summed E-state index contributed by atoms with van der Waals surface area (Å²) in [5.74, 6) is 2.52. The van der Waals surface area contributed by atoms with E-state index in [1.165, 1.54) is 18.4 Å². The van der Waals surface area contributed by atoms with E-state index in [1.807, 2.05) is 29.9 Å². The SMILES string of the molecule is CCNC(=NCc1ccn(C)c1)NCc1ccc(OC)cc1OC1CCCC1. The highest BCUT2D eigenvalue weighted by atomic mass is 16.5. The first-order valence-electron chi connectivity index (χ1n) is 10.1. The fourth-order valence-corrected chi connectivity index (χ4v) is 3.45. The van der Waals surface area contributed by atoms with Crippen molar-refractivity contribution in [3.05, 3.63) is 47.8 Å². The van der Waals surface area contributed by atoms with Crippen LogP contribution in [0.4, 0.5) is 0 Å². The predicted octanol–water partition coefficient (Wildman–Crippen LogP) is 3.61. The molecule has 2 aromatic rings. The number of aliphatic imine (C=N–C) groups is 1. The first-order chi connectivity index (χ1) is 13.7. The first-order valence-corrected chi connectivity index (χ1v) is 10.1. The summed E-state index contributed by atoms with van der Waals surface area (Å²) in [6.45, 7) is 4.17. The van der Waals surface area contributed by atoms with Gasteiger partial charge in [-0.3, -0.25) is 0 Å². The zero-order valence-corrected chi connectivity index (χ0v) is 17.2. The monoisotopic (exact) mass is 384 g/mol. The number of methoxy groups -OCH3 is 1. The van der Waals surface area contributed by atoms with Gasteiger partial charge in [0.25, 0.3) is 0 Å². The zero-order valence-electron chi connectivity index (χ0n) is 17.2. The molecule has 0 aliphatic heterocycles. The molecule has 28 heavy (non-hydrogen) atoms. The summed E-state index contributed by atoms with van der Waals surface area (Å²) in [5.41, 5.74) is 2.30. The quantitative estimate of drug-likeness (QED) is 0.539. The van der Waals surface area contributed by atoms with Crippen LogP contribution in [0.5, 0.6) is 11.5 Å². The molecular weight excluding hydrogens is 352 g/mol. The molecule has 1 aliphatic rings. The summed E-state index contributed by atoms with van der Waals surface area (Å²) in [6, 6.07) is 8.12. The topological polar surface area (TPSA) is 59.8 Å². The molecule has 3 rings (SSSR count). The lowest BCUT2D eigenvalue weighted by Gasteiger charge is -2.18. The van der Waals surface area contributed by atoms with Crippen molar-refractivity contribution in [3.63, 3.8) is 0 Å². The number of ether oxygens (including phenoxy) is 2. The highest BCUT2D eigenvalue weighted by Gasteiger charge is 2.18. The molecule has 6 nitrogen and oxygen atoms in total. The van der Waals surface area contributed by atoms with Crippen LogP contribution in [-0.2, 0) is 20.1 Å². The summed E-state index contributed by atoms with van der Waals surface area (Å²) in [6.07, 6.45) is 9.19. The van der Waals surface area contributed by atoms with Crippen LogP contribution in [0.2, 0.25) is 0 Å². The van der Waals surface area contributed by atoms with Crippen LogP contribution < -0.4 is 20.1 Å². The molecule has 0 atom stereocenters. The van der Waals surface area contributed by atoms with E-state index in [2.05, 4.69) is 35.9 Å². The molecule has 1 saturated carbocycles. The third-order valence-electron chi connectivity index (χ3n) is 4.97. The third kappa shape index (κ3) is 5.68. The van der Waals surface area contributed by atoms with Crippen LogP contribution in [0.1, 0.15) is 43.7 Å². The van der Waals surface area contributed by atoms with Crippen LogP contribution in [0.25, 0.3) is 0 Å². The molecule has 1 aromatic heterocycles. The number of hydrogen-bond donors (Lipinski definition) is 2. The molecule has 2 N–H and O–H groups in total. The molecule has 0 saturated heterocycles. The van der Waals surface area contributed by atoms with E-state index in [9.17, 15) is 0 Å². The number of benzene rings is 1. The van der Waals surface area contributed by atoms with Crippen molar-refractivity contribution in [2.24, 2.45) is 12.0 Å². The Morgan fingerprint density at radius 1 is 1.21 bits per heavy atom. The summed E-state index contributed by atoms with van der Waals surface area (Å²) in [4.78, 5) is 4.69. The van der Waals surface area contributed by atoms with Crippen LogP contribution in [-0.4, -0.2) is 30.3 Å². The summed E-state index contributed by atoms with van der Waals surface area (Å²) in [5, 5.41) is 6.74. The molecule has 0 radical (unpaired) electrons. The molecule has 6 heteroatoms. The van der Waals surface area contributed by atoms with E-state index < -0.39 is 0 Å². The van der Waals surface area contributed by atoms with Crippen molar-refractivity contribution >= 4 is 5.96 Å². The number of hydrogen-bond acceptors (Lipinski definition) is 3. The summed E-state index contributed by atoms with van der Waals surface area (Å²) < 4.78 is 13.7. The fourth-order valence-electron chi connectivity index (χ4n) is 3.45. The second-order valence-corrected chi connectivity index (χ2v) is 7.23. The van der Waals surface area contributed by atoms with E-state index in [-0.39, 0.29) is 0 Å². The lowest BCUT2D eigenvalue weighted by atomic mass is 10.2. The minimum atomic E-state index is 0.311. The maximum atomic E-state index is 6.29. The van der Waals surface area contributed by atoms with E-state index in [1.54, 1.807) is 7.11 Å². The highest BCUT2D eigenvalue weighted by molar-refractivity contribution is 5.79. The second-order valence-electron chi connectivity index (χ2n) is 7.23. The van der Waals surface area contributed by atoms with Crippen molar-refractivity contribution in [3.8, 4) is 11.5 Å². The Bertz CT molecular complexity index is 779. The fraction of sp³-hybridized carbons (Fsp3) is 0.500. The minimum absolute atomic E-state index is 0.311. The number of rotatable bonds is 8. The van der Waals surface area contributed by atoms with Crippen molar-refractivity contribution in [2.75, 3.05) is 13.7 Å². The Kier molecular flexibility index (Phi) is 7.23. The largest absolute Gasteiger partial charge is 0.497 e.